The molecule has 0 unspecified atom stereocenters. The first-order chi connectivity index (χ1) is 11.4. The van der Waals surface area contributed by atoms with E-state index in [1.165, 1.54) is 11.5 Å². The smallest absolute Gasteiger partial charge is 0.257 e. The molecule has 0 N–H and O–H groups in total. The SMILES string of the molecule is Cc1cc(C(=O)N2CCN(Cc3nc(C(C)C)ns3)CC2)c(C)o1. The van der Waals surface area contributed by atoms with Gasteiger partial charge in [-0.05, 0) is 31.4 Å². The third kappa shape index (κ3) is 3.67. The average Bonchev–Trinajstić information content (AvgIpc) is 3.14. The van der Waals surface area contributed by atoms with Crippen molar-refractivity contribution < 1.29 is 9.21 Å². The molecule has 24 heavy (non-hydrogen) atoms. The van der Waals surface area contributed by atoms with Crippen molar-refractivity contribution in [2.75, 3.05) is 26.2 Å². The third-order valence-electron chi connectivity index (χ3n) is 4.29. The second-order valence-electron chi connectivity index (χ2n) is 6.60. The van der Waals surface area contributed by atoms with Gasteiger partial charge in [0.25, 0.3) is 5.91 Å². The molecule has 1 aliphatic heterocycles. The summed E-state index contributed by atoms with van der Waals surface area (Å²) in [6.07, 6.45) is 0. The van der Waals surface area contributed by atoms with Crippen molar-refractivity contribution >= 4 is 17.4 Å². The van der Waals surface area contributed by atoms with Gasteiger partial charge in [0.2, 0.25) is 0 Å². The first-order valence-corrected chi connectivity index (χ1v) is 9.12. The van der Waals surface area contributed by atoms with Gasteiger partial charge in [-0.2, -0.15) is 4.37 Å². The Morgan fingerprint density at radius 2 is 2.00 bits per heavy atom. The molecule has 0 spiro atoms. The molecule has 0 bridgehead atoms. The fourth-order valence-electron chi connectivity index (χ4n) is 2.88. The minimum atomic E-state index is 0.0713. The normalized spacial score (nSPS) is 16.1. The Bertz CT molecular complexity index is 714. The van der Waals surface area contributed by atoms with Gasteiger partial charge in [0.05, 0.1) is 12.1 Å². The molecule has 3 heterocycles. The van der Waals surface area contributed by atoms with Crippen LogP contribution in [0.3, 0.4) is 0 Å². The maximum atomic E-state index is 12.6. The molecule has 2 aromatic heterocycles. The molecule has 0 radical (unpaired) electrons. The Morgan fingerprint density at radius 1 is 1.29 bits per heavy atom. The number of rotatable bonds is 4. The molecule has 6 nitrogen and oxygen atoms in total. The van der Waals surface area contributed by atoms with Gasteiger partial charge in [0.15, 0.2) is 0 Å². The van der Waals surface area contributed by atoms with Gasteiger partial charge in [-0.3, -0.25) is 9.69 Å². The van der Waals surface area contributed by atoms with Crippen LogP contribution in [0.25, 0.3) is 0 Å². The van der Waals surface area contributed by atoms with Crippen molar-refractivity contribution in [3.05, 3.63) is 34.0 Å². The Kier molecular flexibility index (Phi) is 5.01. The fourth-order valence-corrected chi connectivity index (χ4v) is 3.71. The van der Waals surface area contributed by atoms with Gasteiger partial charge in [-0.25, -0.2) is 4.98 Å². The van der Waals surface area contributed by atoms with E-state index in [1.807, 2.05) is 24.8 Å². The molecule has 7 heteroatoms. The van der Waals surface area contributed by atoms with Crippen molar-refractivity contribution in [2.24, 2.45) is 0 Å². The highest BCUT2D eigenvalue weighted by molar-refractivity contribution is 7.05. The van der Waals surface area contributed by atoms with E-state index in [9.17, 15) is 4.79 Å². The zero-order chi connectivity index (χ0) is 17.3. The van der Waals surface area contributed by atoms with Crippen LogP contribution in [-0.4, -0.2) is 51.2 Å². The van der Waals surface area contributed by atoms with Crippen molar-refractivity contribution in [2.45, 2.75) is 40.2 Å². The molecule has 0 aliphatic carbocycles. The number of carbonyl (C=O) groups is 1. The number of furan rings is 1. The van der Waals surface area contributed by atoms with Crippen LogP contribution in [-0.2, 0) is 6.54 Å². The molecular weight excluding hydrogens is 324 g/mol. The maximum absolute atomic E-state index is 12.6. The largest absolute Gasteiger partial charge is 0.466 e. The van der Waals surface area contributed by atoms with Gasteiger partial charge in [0.1, 0.15) is 22.4 Å². The number of carbonyl (C=O) groups excluding carboxylic acids is 1. The summed E-state index contributed by atoms with van der Waals surface area (Å²) in [7, 11) is 0. The topological polar surface area (TPSA) is 62.5 Å². The number of hydrogen-bond donors (Lipinski definition) is 0. The lowest BCUT2D eigenvalue weighted by atomic mass is 10.2. The summed E-state index contributed by atoms with van der Waals surface area (Å²) >= 11 is 1.48. The van der Waals surface area contributed by atoms with Gasteiger partial charge >= 0.3 is 0 Å². The van der Waals surface area contributed by atoms with Crippen LogP contribution >= 0.6 is 11.5 Å². The van der Waals surface area contributed by atoms with Crippen LogP contribution in [0, 0.1) is 13.8 Å². The fraction of sp³-hybridized carbons (Fsp3) is 0.588. The Morgan fingerprint density at radius 3 is 2.54 bits per heavy atom. The van der Waals surface area contributed by atoms with Crippen LogP contribution in [0.1, 0.15) is 52.5 Å². The van der Waals surface area contributed by atoms with E-state index >= 15 is 0 Å². The monoisotopic (exact) mass is 348 g/mol. The lowest BCUT2D eigenvalue weighted by molar-refractivity contribution is 0.0626. The zero-order valence-corrected chi connectivity index (χ0v) is 15.5. The summed E-state index contributed by atoms with van der Waals surface area (Å²) < 4.78 is 9.88. The summed E-state index contributed by atoms with van der Waals surface area (Å²) in [4.78, 5) is 21.4. The minimum absolute atomic E-state index is 0.0713. The van der Waals surface area contributed by atoms with Crippen LogP contribution in [0.2, 0.25) is 0 Å². The predicted molar refractivity (Wildman–Crippen MR) is 93.4 cm³/mol. The summed E-state index contributed by atoms with van der Waals surface area (Å²) in [5.41, 5.74) is 0.687. The Hall–Kier alpha value is -1.73. The standard InChI is InChI=1S/C17H24N4O2S/c1-11(2)16-18-15(24-19-16)10-20-5-7-21(8-6-20)17(22)14-9-12(3)23-13(14)4/h9,11H,5-8,10H2,1-4H3. The average molecular weight is 348 g/mol. The van der Waals surface area contributed by atoms with E-state index in [4.69, 9.17) is 4.42 Å². The van der Waals surface area contributed by atoms with Gasteiger partial charge in [-0.15, -0.1) is 0 Å². The quantitative estimate of drug-likeness (QED) is 0.850. The molecule has 2 aromatic rings. The summed E-state index contributed by atoms with van der Waals surface area (Å²) in [6, 6.07) is 1.83. The molecule has 130 valence electrons. The molecular formula is C17H24N4O2S. The highest BCUT2D eigenvalue weighted by Crippen LogP contribution is 2.19. The summed E-state index contributed by atoms with van der Waals surface area (Å²) in [5.74, 6) is 2.85. The maximum Gasteiger partial charge on any atom is 0.257 e. The highest BCUT2D eigenvalue weighted by Gasteiger charge is 2.25. The number of aryl methyl sites for hydroxylation is 2. The molecule has 3 rings (SSSR count). The van der Waals surface area contributed by atoms with Crippen LogP contribution in [0.4, 0.5) is 0 Å². The minimum Gasteiger partial charge on any atom is -0.466 e. The molecule has 1 amide bonds. The molecule has 1 aliphatic rings. The molecule has 1 fully saturated rings. The first kappa shape index (κ1) is 17.1. The van der Waals surface area contributed by atoms with E-state index in [-0.39, 0.29) is 5.91 Å². The predicted octanol–water partition coefficient (Wildman–Crippen LogP) is 2.83. The number of piperazine rings is 1. The van der Waals surface area contributed by atoms with Gasteiger partial charge in [-0.1, -0.05) is 13.8 Å². The van der Waals surface area contributed by atoms with Crippen molar-refractivity contribution in [1.82, 2.24) is 19.2 Å². The number of amides is 1. The second kappa shape index (κ2) is 7.03. The van der Waals surface area contributed by atoms with Crippen LogP contribution in [0.5, 0.6) is 0 Å². The van der Waals surface area contributed by atoms with E-state index in [2.05, 4.69) is 28.1 Å². The summed E-state index contributed by atoms with van der Waals surface area (Å²) in [5, 5.41) is 1.06. The third-order valence-corrected chi connectivity index (χ3v) is 5.00. The van der Waals surface area contributed by atoms with Gasteiger partial charge < -0.3 is 9.32 Å². The van der Waals surface area contributed by atoms with E-state index in [0.717, 1.165) is 49.3 Å². The van der Waals surface area contributed by atoms with Crippen LogP contribution < -0.4 is 0 Å². The van der Waals surface area contributed by atoms with Gasteiger partial charge in [0, 0.05) is 32.1 Å². The molecule has 0 atom stereocenters. The molecule has 0 saturated carbocycles. The van der Waals surface area contributed by atoms with Crippen molar-refractivity contribution in [3.63, 3.8) is 0 Å². The van der Waals surface area contributed by atoms with Crippen molar-refractivity contribution in [3.8, 4) is 0 Å². The second-order valence-corrected chi connectivity index (χ2v) is 7.43. The molecule has 0 aromatic carbocycles. The zero-order valence-electron chi connectivity index (χ0n) is 14.7. The number of hydrogen-bond acceptors (Lipinski definition) is 6. The molecule has 1 saturated heterocycles. The van der Waals surface area contributed by atoms with Crippen LogP contribution in [0.15, 0.2) is 10.5 Å². The van der Waals surface area contributed by atoms with E-state index < -0.39 is 0 Å². The lowest BCUT2D eigenvalue weighted by Gasteiger charge is -2.34. The van der Waals surface area contributed by atoms with E-state index in [0.29, 0.717) is 17.2 Å². The lowest BCUT2D eigenvalue weighted by Crippen LogP contribution is -2.48. The summed E-state index contributed by atoms with van der Waals surface area (Å²) in [6.45, 7) is 11.9. The highest BCUT2D eigenvalue weighted by atomic mass is 32.1. The van der Waals surface area contributed by atoms with E-state index in [1.54, 1.807) is 0 Å². The number of aromatic nitrogens is 2. The first-order valence-electron chi connectivity index (χ1n) is 8.35. The Balaban J connectivity index is 1.55. The Labute approximate surface area is 146 Å². The number of nitrogens with zero attached hydrogens (tertiary/aromatic N) is 4. The van der Waals surface area contributed by atoms with Crippen molar-refractivity contribution in [1.29, 1.82) is 0 Å².